The van der Waals surface area contributed by atoms with Gasteiger partial charge < -0.3 is 5.11 Å². The maximum atomic E-state index is 9.88. The minimum atomic E-state index is -0.0869. The Balaban J connectivity index is 2.57. The summed E-state index contributed by atoms with van der Waals surface area (Å²) in [6, 6.07) is 0.965. The fourth-order valence-corrected chi connectivity index (χ4v) is 2.46. The van der Waals surface area contributed by atoms with E-state index in [4.69, 9.17) is 0 Å². The molecule has 0 spiro atoms. The van der Waals surface area contributed by atoms with Crippen LogP contribution in [0.3, 0.4) is 0 Å². The molecular weight excluding hydrogens is 174 g/mol. The molecule has 0 bridgehead atoms. The molecule has 0 aromatic heterocycles. The normalized spacial score (nSPS) is 28.3. The van der Waals surface area contributed by atoms with E-state index < -0.39 is 0 Å². The predicted octanol–water partition coefficient (Wildman–Crippen LogP) is 2.27. The fourth-order valence-electron chi connectivity index (χ4n) is 2.46. The quantitative estimate of drug-likeness (QED) is 0.751. The van der Waals surface area contributed by atoms with Gasteiger partial charge in [0, 0.05) is 18.6 Å². The Bertz CT molecular complexity index is 168. The molecule has 0 unspecified atom stereocenters. The molecule has 0 aliphatic heterocycles. The third-order valence-corrected chi connectivity index (χ3v) is 3.11. The summed E-state index contributed by atoms with van der Waals surface area (Å²) in [7, 11) is 0. The predicted molar refractivity (Wildman–Crippen MR) is 60.3 cm³/mol. The van der Waals surface area contributed by atoms with Crippen molar-refractivity contribution < 1.29 is 5.11 Å². The molecule has 1 saturated carbocycles. The van der Waals surface area contributed by atoms with Crippen molar-refractivity contribution in [2.24, 2.45) is 5.92 Å². The Morgan fingerprint density at radius 3 is 2.21 bits per heavy atom. The van der Waals surface area contributed by atoms with Crippen molar-refractivity contribution >= 4 is 0 Å². The van der Waals surface area contributed by atoms with Gasteiger partial charge in [-0.15, -0.1) is 0 Å². The SMILES string of the molecule is CC(C)CN(C(C)C)[C@@H]1CCC[C@H]1O. The van der Waals surface area contributed by atoms with Crippen molar-refractivity contribution in [1.29, 1.82) is 0 Å². The third kappa shape index (κ3) is 2.96. The van der Waals surface area contributed by atoms with Crippen molar-refractivity contribution in [2.75, 3.05) is 6.54 Å². The van der Waals surface area contributed by atoms with Crippen LogP contribution in [0.15, 0.2) is 0 Å². The average molecular weight is 199 g/mol. The van der Waals surface area contributed by atoms with Crippen LogP contribution in [0.25, 0.3) is 0 Å². The van der Waals surface area contributed by atoms with Crippen molar-refractivity contribution in [3.8, 4) is 0 Å². The van der Waals surface area contributed by atoms with Crippen molar-refractivity contribution in [3.05, 3.63) is 0 Å². The molecule has 0 aromatic rings. The van der Waals surface area contributed by atoms with Crippen LogP contribution in [-0.4, -0.2) is 34.7 Å². The molecule has 84 valence electrons. The van der Waals surface area contributed by atoms with Gasteiger partial charge in [-0.3, -0.25) is 4.90 Å². The Labute approximate surface area is 88.3 Å². The van der Waals surface area contributed by atoms with Gasteiger partial charge >= 0.3 is 0 Å². The minimum absolute atomic E-state index is 0.0869. The van der Waals surface area contributed by atoms with Gasteiger partial charge in [-0.25, -0.2) is 0 Å². The zero-order valence-electron chi connectivity index (χ0n) is 10.0. The van der Waals surface area contributed by atoms with Crippen LogP contribution in [0.5, 0.6) is 0 Å². The van der Waals surface area contributed by atoms with Crippen LogP contribution >= 0.6 is 0 Å². The number of nitrogens with zero attached hydrogens (tertiary/aromatic N) is 1. The second kappa shape index (κ2) is 5.13. The van der Waals surface area contributed by atoms with E-state index in [9.17, 15) is 5.11 Å². The Morgan fingerprint density at radius 1 is 1.21 bits per heavy atom. The molecule has 1 N–H and O–H groups in total. The molecule has 0 amide bonds. The smallest absolute Gasteiger partial charge is 0.0695 e. The first-order chi connectivity index (χ1) is 6.52. The second-order valence-corrected chi connectivity index (χ2v) is 5.25. The van der Waals surface area contributed by atoms with Gasteiger partial charge in [0.2, 0.25) is 0 Å². The molecule has 0 radical (unpaired) electrons. The monoisotopic (exact) mass is 199 g/mol. The van der Waals surface area contributed by atoms with Crippen LogP contribution in [0, 0.1) is 5.92 Å². The summed E-state index contributed by atoms with van der Waals surface area (Å²) in [6.45, 7) is 10.1. The summed E-state index contributed by atoms with van der Waals surface area (Å²) < 4.78 is 0. The standard InChI is InChI=1S/C12H25NO/c1-9(2)8-13(10(3)4)11-6-5-7-12(11)14/h9-12,14H,5-8H2,1-4H3/t11-,12-/m1/s1. The van der Waals surface area contributed by atoms with Crippen molar-refractivity contribution in [2.45, 2.75) is 65.1 Å². The van der Waals surface area contributed by atoms with Crippen LogP contribution in [0.4, 0.5) is 0 Å². The van der Waals surface area contributed by atoms with Gasteiger partial charge in [0.1, 0.15) is 0 Å². The first-order valence-electron chi connectivity index (χ1n) is 5.96. The lowest BCUT2D eigenvalue weighted by Gasteiger charge is -2.35. The van der Waals surface area contributed by atoms with E-state index in [1.807, 2.05) is 0 Å². The van der Waals surface area contributed by atoms with Gasteiger partial charge in [-0.2, -0.15) is 0 Å². The highest BCUT2D eigenvalue weighted by Crippen LogP contribution is 2.26. The van der Waals surface area contributed by atoms with Crippen LogP contribution in [0.1, 0.15) is 47.0 Å². The summed E-state index contributed by atoms with van der Waals surface area (Å²) in [4.78, 5) is 2.47. The summed E-state index contributed by atoms with van der Waals surface area (Å²) >= 11 is 0. The lowest BCUT2D eigenvalue weighted by Crippen LogP contribution is -2.46. The molecule has 2 atom stereocenters. The van der Waals surface area contributed by atoms with E-state index in [-0.39, 0.29) is 6.10 Å². The van der Waals surface area contributed by atoms with Gasteiger partial charge in [-0.05, 0) is 39.0 Å². The van der Waals surface area contributed by atoms with Gasteiger partial charge in [0.05, 0.1) is 6.10 Å². The summed E-state index contributed by atoms with van der Waals surface area (Å²) in [5.74, 6) is 0.685. The lowest BCUT2D eigenvalue weighted by molar-refractivity contribution is 0.0443. The van der Waals surface area contributed by atoms with Crippen LogP contribution in [-0.2, 0) is 0 Å². The number of aliphatic hydroxyl groups excluding tert-OH is 1. The molecule has 2 nitrogen and oxygen atoms in total. The molecule has 1 fully saturated rings. The number of hydrogen-bond donors (Lipinski definition) is 1. The number of hydrogen-bond acceptors (Lipinski definition) is 2. The molecule has 14 heavy (non-hydrogen) atoms. The zero-order valence-corrected chi connectivity index (χ0v) is 10.0. The van der Waals surface area contributed by atoms with Gasteiger partial charge in [-0.1, -0.05) is 13.8 Å². The second-order valence-electron chi connectivity index (χ2n) is 5.25. The first-order valence-corrected chi connectivity index (χ1v) is 5.96. The molecule has 2 heteroatoms. The Morgan fingerprint density at radius 2 is 1.86 bits per heavy atom. The summed E-state index contributed by atoms with van der Waals surface area (Å²) in [5.41, 5.74) is 0. The molecule has 1 rings (SSSR count). The van der Waals surface area contributed by atoms with Gasteiger partial charge in [0.25, 0.3) is 0 Å². The van der Waals surface area contributed by atoms with E-state index in [1.54, 1.807) is 0 Å². The summed E-state index contributed by atoms with van der Waals surface area (Å²) in [5, 5.41) is 9.88. The molecule has 1 aliphatic carbocycles. The number of rotatable bonds is 4. The van der Waals surface area contributed by atoms with E-state index in [0.717, 1.165) is 13.0 Å². The van der Waals surface area contributed by atoms with E-state index in [0.29, 0.717) is 18.0 Å². The minimum Gasteiger partial charge on any atom is -0.391 e. The average Bonchev–Trinajstić information content (AvgIpc) is 2.46. The molecule has 1 aliphatic rings. The van der Waals surface area contributed by atoms with Crippen molar-refractivity contribution in [3.63, 3.8) is 0 Å². The Hall–Kier alpha value is -0.0800. The lowest BCUT2D eigenvalue weighted by atomic mass is 10.1. The molecule has 0 aromatic carbocycles. The molecule has 0 saturated heterocycles. The maximum absolute atomic E-state index is 9.88. The maximum Gasteiger partial charge on any atom is 0.0695 e. The summed E-state index contributed by atoms with van der Waals surface area (Å²) in [6.07, 6.45) is 3.27. The highest BCUT2D eigenvalue weighted by Gasteiger charge is 2.31. The van der Waals surface area contributed by atoms with Crippen LogP contribution < -0.4 is 0 Å². The van der Waals surface area contributed by atoms with Crippen LogP contribution in [0.2, 0.25) is 0 Å². The fraction of sp³-hybridized carbons (Fsp3) is 1.00. The van der Waals surface area contributed by atoms with Crippen molar-refractivity contribution in [1.82, 2.24) is 4.90 Å². The first kappa shape index (κ1) is 12.0. The highest BCUT2D eigenvalue weighted by molar-refractivity contribution is 4.86. The Kier molecular flexibility index (Phi) is 4.39. The highest BCUT2D eigenvalue weighted by atomic mass is 16.3. The topological polar surface area (TPSA) is 23.5 Å². The molecular formula is C12H25NO. The van der Waals surface area contributed by atoms with E-state index >= 15 is 0 Å². The van der Waals surface area contributed by atoms with E-state index in [2.05, 4.69) is 32.6 Å². The van der Waals surface area contributed by atoms with Gasteiger partial charge in [0.15, 0.2) is 0 Å². The molecule has 0 heterocycles. The largest absolute Gasteiger partial charge is 0.391 e. The number of aliphatic hydroxyl groups is 1. The van der Waals surface area contributed by atoms with E-state index in [1.165, 1.54) is 12.8 Å². The third-order valence-electron chi connectivity index (χ3n) is 3.11. The zero-order chi connectivity index (χ0) is 10.7.